The van der Waals surface area contributed by atoms with Gasteiger partial charge in [0, 0.05) is 6.54 Å². The van der Waals surface area contributed by atoms with Gasteiger partial charge in [0.25, 0.3) is 0 Å². The minimum absolute atomic E-state index is 0.0920. The quantitative estimate of drug-likeness (QED) is 0.804. The molecule has 0 atom stereocenters. The summed E-state index contributed by atoms with van der Waals surface area (Å²) in [5.74, 6) is 0.874. The van der Waals surface area contributed by atoms with Crippen molar-refractivity contribution in [2.75, 3.05) is 25.5 Å². The normalized spacial score (nSPS) is 11.3. The van der Waals surface area contributed by atoms with Gasteiger partial charge >= 0.3 is 0 Å². The van der Waals surface area contributed by atoms with Gasteiger partial charge in [-0.3, -0.25) is 0 Å². The third-order valence-electron chi connectivity index (χ3n) is 2.66. The van der Waals surface area contributed by atoms with Gasteiger partial charge in [-0.2, -0.15) is 0 Å². The highest BCUT2D eigenvalue weighted by molar-refractivity contribution is 5.58. The van der Waals surface area contributed by atoms with Crippen LogP contribution >= 0.6 is 0 Å². The molecule has 0 aromatic heterocycles. The zero-order chi connectivity index (χ0) is 12.2. The fourth-order valence-electron chi connectivity index (χ4n) is 1.37. The van der Waals surface area contributed by atoms with Crippen LogP contribution in [0.2, 0.25) is 0 Å². The molecule has 0 spiro atoms. The van der Waals surface area contributed by atoms with E-state index in [0.29, 0.717) is 6.54 Å². The van der Waals surface area contributed by atoms with E-state index in [1.807, 2.05) is 12.1 Å². The summed E-state index contributed by atoms with van der Waals surface area (Å²) in [6, 6.07) is 6.11. The number of rotatable bonds is 5. The van der Waals surface area contributed by atoms with Gasteiger partial charge in [-0.05, 0) is 36.6 Å². The van der Waals surface area contributed by atoms with Crippen LogP contribution in [0.1, 0.15) is 19.4 Å². The molecule has 0 saturated heterocycles. The number of aryl methyl sites for hydroxylation is 1. The van der Waals surface area contributed by atoms with Crippen LogP contribution < -0.4 is 15.8 Å². The molecule has 0 fully saturated rings. The summed E-state index contributed by atoms with van der Waals surface area (Å²) in [4.78, 5) is 0. The van der Waals surface area contributed by atoms with E-state index in [1.54, 1.807) is 7.11 Å². The van der Waals surface area contributed by atoms with E-state index in [-0.39, 0.29) is 5.41 Å². The van der Waals surface area contributed by atoms with E-state index in [1.165, 1.54) is 5.56 Å². The standard InChI is InChI=1S/C13H22N2O/c1-10-5-6-12(16-4)11(7-10)15-9-13(2,3)8-14/h5-7,15H,8-9,14H2,1-4H3. The third kappa shape index (κ3) is 3.42. The van der Waals surface area contributed by atoms with Crippen molar-refractivity contribution in [3.63, 3.8) is 0 Å². The Bertz CT molecular complexity index is 348. The third-order valence-corrected chi connectivity index (χ3v) is 2.66. The predicted octanol–water partition coefficient (Wildman–Crippen LogP) is 2.40. The first-order chi connectivity index (χ1) is 7.48. The van der Waals surface area contributed by atoms with Gasteiger partial charge in [0.05, 0.1) is 12.8 Å². The Balaban J connectivity index is 2.76. The van der Waals surface area contributed by atoms with E-state index in [2.05, 4.69) is 32.2 Å². The first kappa shape index (κ1) is 12.8. The van der Waals surface area contributed by atoms with Gasteiger partial charge in [0.1, 0.15) is 5.75 Å². The Kier molecular flexibility index (Phi) is 4.19. The summed E-state index contributed by atoms with van der Waals surface area (Å²) in [7, 11) is 1.68. The van der Waals surface area contributed by atoms with Crippen LogP contribution in [0.5, 0.6) is 5.75 Å². The van der Waals surface area contributed by atoms with Gasteiger partial charge in [-0.1, -0.05) is 19.9 Å². The lowest BCUT2D eigenvalue weighted by molar-refractivity contribution is 0.399. The number of methoxy groups -OCH3 is 1. The van der Waals surface area contributed by atoms with E-state index in [4.69, 9.17) is 10.5 Å². The molecule has 0 saturated carbocycles. The fourth-order valence-corrected chi connectivity index (χ4v) is 1.37. The largest absolute Gasteiger partial charge is 0.495 e. The van der Waals surface area contributed by atoms with Crippen molar-refractivity contribution in [2.24, 2.45) is 11.1 Å². The van der Waals surface area contributed by atoms with Crippen molar-refractivity contribution < 1.29 is 4.74 Å². The molecule has 3 nitrogen and oxygen atoms in total. The number of nitrogens with one attached hydrogen (secondary N) is 1. The number of hydrogen-bond acceptors (Lipinski definition) is 3. The number of nitrogens with two attached hydrogens (primary N) is 1. The molecule has 0 radical (unpaired) electrons. The molecule has 3 N–H and O–H groups in total. The van der Waals surface area contributed by atoms with Gasteiger partial charge in [0.15, 0.2) is 0 Å². The van der Waals surface area contributed by atoms with Crippen LogP contribution in [-0.4, -0.2) is 20.2 Å². The minimum Gasteiger partial charge on any atom is -0.495 e. The fraction of sp³-hybridized carbons (Fsp3) is 0.538. The summed E-state index contributed by atoms with van der Waals surface area (Å²) in [6.45, 7) is 7.85. The van der Waals surface area contributed by atoms with E-state index >= 15 is 0 Å². The maximum Gasteiger partial charge on any atom is 0.141 e. The maximum atomic E-state index is 5.70. The molecule has 1 aromatic rings. The summed E-state index contributed by atoms with van der Waals surface area (Å²) < 4.78 is 5.31. The molecular formula is C13H22N2O. The molecule has 0 aliphatic heterocycles. The SMILES string of the molecule is COc1ccc(C)cc1NCC(C)(C)CN. The van der Waals surface area contributed by atoms with E-state index in [0.717, 1.165) is 18.0 Å². The Morgan fingerprint density at radius 3 is 2.62 bits per heavy atom. The van der Waals surface area contributed by atoms with Crippen molar-refractivity contribution in [3.05, 3.63) is 23.8 Å². The highest BCUT2D eigenvalue weighted by Crippen LogP contribution is 2.26. The molecule has 0 amide bonds. The average molecular weight is 222 g/mol. The second kappa shape index (κ2) is 5.21. The van der Waals surface area contributed by atoms with Gasteiger partial charge in [0.2, 0.25) is 0 Å². The second-order valence-electron chi connectivity index (χ2n) is 4.93. The van der Waals surface area contributed by atoms with E-state index in [9.17, 15) is 0 Å². The molecule has 3 heteroatoms. The Labute approximate surface area is 98.0 Å². The van der Waals surface area contributed by atoms with Crippen molar-refractivity contribution >= 4 is 5.69 Å². The first-order valence-corrected chi connectivity index (χ1v) is 5.57. The zero-order valence-electron chi connectivity index (χ0n) is 10.6. The molecule has 0 bridgehead atoms. The van der Waals surface area contributed by atoms with Gasteiger partial charge in [-0.15, -0.1) is 0 Å². The Morgan fingerprint density at radius 2 is 2.06 bits per heavy atom. The molecule has 0 heterocycles. The number of ether oxygens (including phenoxy) is 1. The van der Waals surface area contributed by atoms with Crippen molar-refractivity contribution in [1.29, 1.82) is 0 Å². The Hall–Kier alpha value is -1.22. The number of hydrogen-bond donors (Lipinski definition) is 2. The molecule has 16 heavy (non-hydrogen) atoms. The maximum absolute atomic E-state index is 5.70. The van der Waals surface area contributed by atoms with Crippen molar-refractivity contribution in [2.45, 2.75) is 20.8 Å². The van der Waals surface area contributed by atoms with Gasteiger partial charge in [-0.25, -0.2) is 0 Å². The number of anilines is 1. The van der Waals surface area contributed by atoms with Crippen LogP contribution in [0.4, 0.5) is 5.69 Å². The monoisotopic (exact) mass is 222 g/mol. The molecule has 1 aromatic carbocycles. The van der Waals surface area contributed by atoms with Crippen LogP contribution in [0.3, 0.4) is 0 Å². The number of benzene rings is 1. The summed E-state index contributed by atoms with van der Waals surface area (Å²) in [6.07, 6.45) is 0. The van der Waals surface area contributed by atoms with Gasteiger partial charge < -0.3 is 15.8 Å². The van der Waals surface area contributed by atoms with Crippen LogP contribution in [0.25, 0.3) is 0 Å². The smallest absolute Gasteiger partial charge is 0.141 e. The van der Waals surface area contributed by atoms with Crippen LogP contribution in [0.15, 0.2) is 18.2 Å². The van der Waals surface area contributed by atoms with Crippen molar-refractivity contribution in [1.82, 2.24) is 0 Å². The Morgan fingerprint density at radius 1 is 1.38 bits per heavy atom. The average Bonchev–Trinajstić information content (AvgIpc) is 2.27. The highest BCUT2D eigenvalue weighted by atomic mass is 16.5. The highest BCUT2D eigenvalue weighted by Gasteiger charge is 2.15. The van der Waals surface area contributed by atoms with E-state index < -0.39 is 0 Å². The second-order valence-corrected chi connectivity index (χ2v) is 4.93. The first-order valence-electron chi connectivity index (χ1n) is 5.57. The molecule has 0 unspecified atom stereocenters. The van der Waals surface area contributed by atoms with Crippen molar-refractivity contribution in [3.8, 4) is 5.75 Å². The van der Waals surface area contributed by atoms with Crippen LogP contribution in [-0.2, 0) is 0 Å². The predicted molar refractivity (Wildman–Crippen MR) is 69.1 cm³/mol. The summed E-state index contributed by atoms with van der Waals surface area (Å²) in [5, 5.41) is 3.39. The topological polar surface area (TPSA) is 47.3 Å². The summed E-state index contributed by atoms with van der Waals surface area (Å²) in [5.41, 5.74) is 8.04. The minimum atomic E-state index is 0.0920. The molecule has 1 rings (SSSR count). The lowest BCUT2D eigenvalue weighted by Gasteiger charge is -2.24. The molecule has 0 aliphatic carbocycles. The molecule has 0 aliphatic rings. The molecule has 90 valence electrons. The molecular weight excluding hydrogens is 200 g/mol. The lowest BCUT2D eigenvalue weighted by Crippen LogP contribution is -2.31. The zero-order valence-corrected chi connectivity index (χ0v) is 10.6. The summed E-state index contributed by atoms with van der Waals surface area (Å²) >= 11 is 0. The lowest BCUT2D eigenvalue weighted by atomic mass is 9.94. The van der Waals surface area contributed by atoms with Crippen LogP contribution in [0, 0.1) is 12.3 Å².